The van der Waals surface area contributed by atoms with Gasteiger partial charge in [-0.05, 0) is 18.2 Å². The van der Waals surface area contributed by atoms with Crippen molar-refractivity contribution < 1.29 is 18.9 Å². The van der Waals surface area contributed by atoms with Crippen LogP contribution in [0.5, 0.6) is 23.0 Å². The summed E-state index contributed by atoms with van der Waals surface area (Å²) >= 11 is 0. The summed E-state index contributed by atoms with van der Waals surface area (Å²) < 4.78 is 23.6. The van der Waals surface area contributed by atoms with Gasteiger partial charge in [0.15, 0.2) is 11.5 Å². The number of hydrogen-bond acceptors (Lipinski definition) is 7. The summed E-state index contributed by atoms with van der Waals surface area (Å²) in [4.78, 5) is 7.77. The van der Waals surface area contributed by atoms with Gasteiger partial charge in [-0.25, -0.2) is 4.98 Å². The fourth-order valence-corrected chi connectivity index (χ4v) is 3.30. The molecule has 4 aromatic rings. The topological polar surface area (TPSA) is 109 Å². The van der Waals surface area contributed by atoms with Crippen molar-refractivity contribution in [1.82, 2.24) is 19.7 Å². The summed E-state index contributed by atoms with van der Waals surface area (Å²) in [7, 11) is 3.13. The normalized spacial score (nSPS) is 12.5. The third-order valence-corrected chi connectivity index (χ3v) is 4.58. The standard InChI is InChI=1S/C19H17N5O4/c1-25-14-7-10(16(26-2)18-17(14)27-9-28-18)13-8-15(20)24(23-13)19-21-11-5-3-4-6-12(11)22-19/h3-8H,9,20H2,1-2H3,(H,21,22). The number of nitrogens with two attached hydrogens (primary N) is 1. The maximum absolute atomic E-state index is 6.22. The van der Waals surface area contributed by atoms with Gasteiger partial charge in [0.1, 0.15) is 5.82 Å². The lowest BCUT2D eigenvalue weighted by Crippen LogP contribution is -2.03. The molecule has 2 aromatic carbocycles. The SMILES string of the molecule is COc1cc(-c2cc(N)n(-c3nc4ccccc4[nH]3)n2)c(OC)c2c1OCO2. The van der Waals surface area contributed by atoms with E-state index in [1.54, 1.807) is 31.0 Å². The minimum atomic E-state index is 0.0983. The number of rotatable bonds is 4. The number of nitrogens with one attached hydrogen (secondary N) is 1. The van der Waals surface area contributed by atoms with Crippen LogP contribution >= 0.6 is 0 Å². The van der Waals surface area contributed by atoms with Crippen molar-refractivity contribution in [3.05, 3.63) is 36.4 Å². The zero-order valence-corrected chi connectivity index (χ0v) is 15.2. The number of aromatic amines is 1. The van der Waals surface area contributed by atoms with Crippen molar-refractivity contribution in [3.63, 3.8) is 0 Å². The molecular formula is C19H17N5O4. The average Bonchev–Trinajstić information content (AvgIpc) is 3.43. The highest BCUT2D eigenvalue weighted by Crippen LogP contribution is 2.52. The molecule has 142 valence electrons. The molecule has 3 heterocycles. The fourth-order valence-electron chi connectivity index (χ4n) is 3.30. The molecule has 0 spiro atoms. The van der Waals surface area contributed by atoms with E-state index < -0.39 is 0 Å². The minimum Gasteiger partial charge on any atom is -0.493 e. The predicted molar refractivity (Wildman–Crippen MR) is 102 cm³/mol. The largest absolute Gasteiger partial charge is 0.493 e. The van der Waals surface area contributed by atoms with Crippen LogP contribution < -0.4 is 24.7 Å². The second-order valence-corrected chi connectivity index (χ2v) is 6.17. The number of ether oxygens (including phenoxy) is 4. The maximum atomic E-state index is 6.22. The smallest absolute Gasteiger partial charge is 0.231 e. The van der Waals surface area contributed by atoms with Gasteiger partial charge < -0.3 is 29.7 Å². The summed E-state index contributed by atoms with van der Waals surface area (Å²) in [5.74, 6) is 2.97. The van der Waals surface area contributed by atoms with Crippen LogP contribution in [0.1, 0.15) is 0 Å². The van der Waals surface area contributed by atoms with Crippen LogP contribution in [0.4, 0.5) is 5.82 Å². The second-order valence-electron chi connectivity index (χ2n) is 6.17. The fraction of sp³-hybridized carbons (Fsp3) is 0.158. The molecule has 5 rings (SSSR count). The van der Waals surface area contributed by atoms with E-state index in [0.717, 1.165) is 11.0 Å². The quantitative estimate of drug-likeness (QED) is 0.561. The van der Waals surface area contributed by atoms with Crippen molar-refractivity contribution in [3.8, 4) is 40.2 Å². The van der Waals surface area contributed by atoms with E-state index >= 15 is 0 Å². The van der Waals surface area contributed by atoms with E-state index in [-0.39, 0.29) is 6.79 Å². The maximum Gasteiger partial charge on any atom is 0.231 e. The molecule has 0 unspecified atom stereocenters. The Morgan fingerprint density at radius 1 is 1.11 bits per heavy atom. The van der Waals surface area contributed by atoms with Crippen molar-refractivity contribution in [2.75, 3.05) is 26.7 Å². The van der Waals surface area contributed by atoms with Gasteiger partial charge in [0.2, 0.25) is 24.2 Å². The third kappa shape index (κ3) is 2.33. The molecule has 0 radical (unpaired) electrons. The Balaban J connectivity index is 1.66. The van der Waals surface area contributed by atoms with Gasteiger partial charge in [-0.3, -0.25) is 0 Å². The number of aromatic nitrogens is 4. The van der Waals surface area contributed by atoms with E-state index in [4.69, 9.17) is 24.7 Å². The number of methoxy groups -OCH3 is 2. The first kappa shape index (κ1) is 16.3. The molecule has 0 atom stereocenters. The lowest BCUT2D eigenvalue weighted by molar-refractivity contribution is 0.168. The molecule has 9 heteroatoms. The van der Waals surface area contributed by atoms with Crippen LogP contribution in [-0.4, -0.2) is 40.8 Å². The van der Waals surface area contributed by atoms with E-state index in [1.807, 2.05) is 24.3 Å². The summed E-state index contributed by atoms with van der Waals surface area (Å²) in [6.45, 7) is 0.0983. The number of imidazole rings is 1. The first-order valence-corrected chi connectivity index (χ1v) is 8.55. The average molecular weight is 379 g/mol. The molecule has 1 aliphatic rings. The Kier molecular flexibility index (Phi) is 3.54. The number of anilines is 1. The van der Waals surface area contributed by atoms with Gasteiger partial charge in [-0.1, -0.05) is 12.1 Å². The Bertz CT molecular complexity index is 1160. The number of H-pyrrole nitrogens is 1. The van der Waals surface area contributed by atoms with Crippen LogP contribution in [-0.2, 0) is 0 Å². The van der Waals surface area contributed by atoms with Gasteiger partial charge in [-0.2, -0.15) is 9.78 Å². The van der Waals surface area contributed by atoms with Crippen molar-refractivity contribution >= 4 is 16.9 Å². The van der Waals surface area contributed by atoms with Gasteiger partial charge >= 0.3 is 0 Å². The molecule has 0 aliphatic carbocycles. The Morgan fingerprint density at radius 3 is 2.71 bits per heavy atom. The van der Waals surface area contributed by atoms with Crippen LogP contribution in [0.25, 0.3) is 28.2 Å². The molecular weight excluding hydrogens is 362 g/mol. The molecule has 0 amide bonds. The van der Waals surface area contributed by atoms with E-state index in [2.05, 4.69) is 15.1 Å². The zero-order chi connectivity index (χ0) is 19.3. The Labute approximate surface area is 159 Å². The zero-order valence-electron chi connectivity index (χ0n) is 15.2. The lowest BCUT2D eigenvalue weighted by atomic mass is 10.1. The Morgan fingerprint density at radius 2 is 1.93 bits per heavy atom. The molecule has 2 aromatic heterocycles. The highest BCUT2D eigenvalue weighted by atomic mass is 16.7. The molecule has 28 heavy (non-hydrogen) atoms. The van der Waals surface area contributed by atoms with Gasteiger partial charge in [0.25, 0.3) is 0 Å². The number of hydrogen-bond donors (Lipinski definition) is 2. The van der Waals surface area contributed by atoms with E-state index in [1.165, 1.54) is 0 Å². The molecule has 0 saturated carbocycles. The first-order valence-electron chi connectivity index (χ1n) is 8.55. The third-order valence-electron chi connectivity index (χ3n) is 4.58. The van der Waals surface area contributed by atoms with Crippen molar-refractivity contribution in [1.29, 1.82) is 0 Å². The molecule has 1 aliphatic heterocycles. The van der Waals surface area contributed by atoms with Crippen LogP contribution in [0.3, 0.4) is 0 Å². The predicted octanol–water partition coefficient (Wildman–Crippen LogP) is 2.74. The van der Waals surface area contributed by atoms with Gasteiger partial charge in [-0.15, -0.1) is 0 Å². The highest BCUT2D eigenvalue weighted by molar-refractivity contribution is 5.80. The summed E-state index contributed by atoms with van der Waals surface area (Å²) in [5.41, 5.74) is 9.21. The summed E-state index contributed by atoms with van der Waals surface area (Å²) in [6, 6.07) is 11.3. The van der Waals surface area contributed by atoms with Gasteiger partial charge in [0, 0.05) is 6.07 Å². The number of nitrogens with zero attached hydrogens (tertiary/aromatic N) is 3. The van der Waals surface area contributed by atoms with Crippen LogP contribution in [0, 0.1) is 0 Å². The summed E-state index contributed by atoms with van der Waals surface area (Å²) in [5, 5.41) is 4.62. The molecule has 0 fully saturated rings. The molecule has 0 saturated heterocycles. The van der Waals surface area contributed by atoms with Gasteiger partial charge in [0.05, 0.1) is 36.5 Å². The number of benzene rings is 2. The van der Waals surface area contributed by atoms with E-state index in [9.17, 15) is 0 Å². The first-order chi connectivity index (χ1) is 13.7. The van der Waals surface area contributed by atoms with Crippen LogP contribution in [0.2, 0.25) is 0 Å². The monoisotopic (exact) mass is 379 g/mol. The Hall–Kier alpha value is -3.88. The summed E-state index contributed by atoms with van der Waals surface area (Å²) in [6.07, 6.45) is 0. The van der Waals surface area contributed by atoms with Crippen molar-refractivity contribution in [2.45, 2.75) is 0 Å². The molecule has 0 bridgehead atoms. The molecule has 3 N–H and O–H groups in total. The number of fused-ring (bicyclic) bond motifs is 2. The molecule has 9 nitrogen and oxygen atoms in total. The van der Waals surface area contributed by atoms with Crippen LogP contribution in [0.15, 0.2) is 36.4 Å². The lowest BCUT2D eigenvalue weighted by Gasteiger charge is -2.12. The van der Waals surface area contributed by atoms with Crippen molar-refractivity contribution in [2.24, 2.45) is 0 Å². The highest BCUT2D eigenvalue weighted by Gasteiger charge is 2.29. The van der Waals surface area contributed by atoms with E-state index in [0.29, 0.717) is 46.0 Å². The number of nitrogen functional groups attached to an aromatic ring is 1. The second kappa shape index (κ2) is 6.08. The minimum absolute atomic E-state index is 0.0983. The number of para-hydroxylation sites is 2.